The predicted molar refractivity (Wildman–Crippen MR) is 80.7 cm³/mol. The number of unbranched alkanes of at least 4 members (excludes halogenated alkanes) is 1. The Morgan fingerprint density at radius 1 is 1.36 bits per heavy atom. The number of allylic oxidation sites excluding steroid dienone is 1. The van der Waals surface area contributed by atoms with Crippen molar-refractivity contribution in [1.29, 1.82) is 0 Å². The SMILES string of the molecule is C=CCCC[C@H](NC(=O)c1cccc(C(=O)OC)c1)C(=O)O. The highest BCUT2D eigenvalue weighted by atomic mass is 16.5. The smallest absolute Gasteiger partial charge is 0.337 e. The summed E-state index contributed by atoms with van der Waals surface area (Å²) in [5.74, 6) is -2.20. The molecule has 0 saturated carbocycles. The molecule has 1 aromatic carbocycles. The number of methoxy groups -OCH3 is 1. The number of hydrogen-bond donors (Lipinski definition) is 2. The van der Waals surface area contributed by atoms with E-state index in [0.29, 0.717) is 19.3 Å². The van der Waals surface area contributed by atoms with Gasteiger partial charge in [0.25, 0.3) is 5.91 Å². The average molecular weight is 305 g/mol. The van der Waals surface area contributed by atoms with E-state index >= 15 is 0 Å². The van der Waals surface area contributed by atoms with Crippen molar-refractivity contribution in [1.82, 2.24) is 5.32 Å². The van der Waals surface area contributed by atoms with Crippen LogP contribution in [0.2, 0.25) is 0 Å². The molecule has 6 heteroatoms. The Labute approximate surface area is 128 Å². The van der Waals surface area contributed by atoms with Gasteiger partial charge in [0.15, 0.2) is 0 Å². The largest absolute Gasteiger partial charge is 0.480 e. The Kier molecular flexibility index (Phi) is 6.82. The number of aliphatic carboxylic acids is 1. The van der Waals surface area contributed by atoms with Gasteiger partial charge in [0, 0.05) is 5.56 Å². The number of carboxylic acid groups (broad SMARTS) is 1. The first kappa shape index (κ1) is 17.4. The highest BCUT2D eigenvalue weighted by Gasteiger charge is 2.20. The number of rotatable bonds is 8. The van der Waals surface area contributed by atoms with Gasteiger partial charge in [-0.25, -0.2) is 9.59 Å². The van der Waals surface area contributed by atoms with E-state index in [4.69, 9.17) is 5.11 Å². The van der Waals surface area contributed by atoms with Crippen LogP contribution in [0.25, 0.3) is 0 Å². The lowest BCUT2D eigenvalue weighted by atomic mass is 10.1. The number of ether oxygens (including phenoxy) is 1. The Morgan fingerprint density at radius 3 is 2.64 bits per heavy atom. The van der Waals surface area contributed by atoms with Crippen LogP contribution in [0.5, 0.6) is 0 Å². The summed E-state index contributed by atoms with van der Waals surface area (Å²) in [7, 11) is 1.25. The van der Waals surface area contributed by atoms with E-state index in [2.05, 4.69) is 16.6 Å². The van der Waals surface area contributed by atoms with Gasteiger partial charge in [-0.1, -0.05) is 12.1 Å². The van der Waals surface area contributed by atoms with Crippen molar-refractivity contribution in [3.8, 4) is 0 Å². The quantitative estimate of drug-likeness (QED) is 0.435. The van der Waals surface area contributed by atoms with Crippen LogP contribution in [0.3, 0.4) is 0 Å². The summed E-state index contributed by atoms with van der Waals surface area (Å²) in [6.45, 7) is 3.57. The van der Waals surface area contributed by atoms with Crippen molar-refractivity contribution in [2.24, 2.45) is 0 Å². The minimum absolute atomic E-state index is 0.206. The van der Waals surface area contributed by atoms with Crippen molar-refractivity contribution < 1.29 is 24.2 Å². The van der Waals surface area contributed by atoms with Crippen LogP contribution in [0, 0.1) is 0 Å². The third-order valence-electron chi connectivity index (χ3n) is 3.05. The van der Waals surface area contributed by atoms with Gasteiger partial charge in [-0.15, -0.1) is 6.58 Å². The number of nitrogens with one attached hydrogen (secondary N) is 1. The van der Waals surface area contributed by atoms with Crippen LogP contribution >= 0.6 is 0 Å². The first-order chi connectivity index (χ1) is 10.5. The Bertz CT molecular complexity index is 567. The van der Waals surface area contributed by atoms with Crippen LogP contribution < -0.4 is 5.32 Å². The summed E-state index contributed by atoms with van der Waals surface area (Å²) in [6.07, 6.45) is 3.30. The molecule has 2 N–H and O–H groups in total. The van der Waals surface area contributed by atoms with Crippen molar-refractivity contribution in [2.75, 3.05) is 7.11 Å². The maximum atomic E-state index is 12.1. The number of carbonyl (C=O) groups excluding carboxylic acids is 2. The third kappa shape index (κ3) is 5.05. The molecule has 1 amide bonds. The van der Waals surface area contributed by atoms with E-state index in [0.717, 1.165) is 0 Å². The minimum Gasteiger partial charge on any atom is -0.480 e. The predicted octanol–water partition coefficient (Wildman–Crippen LogP) is 2.01. The summed E-state index contributed by atoms with van der Waals surface area (Å²) < 4.78 is 4.58. The molecule has 0 saturated heterocycles. The maximum Gasteiger partial charge on any atom is 0.337 e. The normalized spacial score (nSPS) is 11.3. The highest BCUT2D eigenvalue weighted by Crippen LogP contribution is 2.08. The van der Waals surface area contributed by atoms with Gasteiger partial charge >= 0.3 is 11.9 Å². The summed E-state index contributed by atoms with van der Waals surface area (Å²) in [5.41, 5.74) is 0.437. The Hall–Kier alpha value is -2.63. The highest BCUT2D eigenvalue weighted by molar-refractivity contribution is 5.99. The molecule has 0 aromatic heterocycles. The van der Waals surface area contributed by atoms with Gasteiger partial charge in [-0.05, 0) is 37.5 Å². The van der Waals surface area contributed by atoms with E-state index in [1.54, 1.807) is 6.08 Å². The molecular formula is C16H19NO5. The van der Waals surface area contributed by atoms with Crippen LogP contribution in [0.1, 0.15) is 40.0 Å². The molecule has 0 aliphatic carbocycles. The van der Waals surface area contributed by atoms with Crippen molar-refractivity contribution in [2.45, 2.75) is 25.3 Å². The zero-order chi connectivity index (χ0) is 16.5. The van der Waals surface area contributed by atoms with E-state index in [9.17, 15) is 14.4 Å². The summed E-state index contributed by atoms with van der Waals surface area (Å²) in [5, 5.41) is 11.6. The number of hydrogen-bond acceptors (Lipinski definition) is 4. The van der Waals surface area contributed by atoms with Crippen molar-refractivity contribution >= 4 is 17.8 Å². The average Bonchev–Trinajstić information content (AvgIpc) is 2.53. The maximum absolute atomic E-state index is 12.1. The van der Waals surface area contributed by atoms with E-state index < -0.39 is 23.9 Å². The van der Waals surface area contributed by atoms with Gasteiger partial charge in [0.1, 0.15) is 6.04 Å². The van der Waals surface area contributed by atoms with Gasteiger partial charge in [0.2, 0.25) is 0 Å². The lowest BCUT2D eigenvalue weighted by molar-refractivity contribution is -0.139. The lowest BCUT2D eigenvalue weighted by Crippen LogP contribution is -2.40. The zero-order valence-electron chi connectivity index (χ0n) is 12.4. The molecule has 0 aliphatic heterocycles. The number of carbonyl (C=O) groups is 3. The van der Waals surface area contributed by atoms with Crippen LogP contribution in [0.15, 0.2) is 36.9 Å². The molecule has 0 aliphatic rings. The number of amides is 1. The molecule has 0 heterocycles. The van der Waals surface area contributed by atoms with Crippen molar-refractivity contribution in [3.63, 3.8) is 0 Å². The molecule has 1 atom stereocenters. The van der Waals surface area contributed by atoms with E-state index in [1.807, 2.05) is 0 Å². The van der Waals surface area contributed by atoms with Crippen LogP contribution in [-0.4, -0.2) is 36.1 Å². The Balaban J connectivity index is 2.79. The molecule has 0 fully saturated rings. The van der Waals surface area contributed by atoms with Gasteiger partial charge in [-0.2, -0.15) is 0 Å². The number of carboxylic acids is 1. The minimum atomic E-state index is -1.10. The number of esters is 1. The standard InChI is InChI=1S/C16H19NO5/c1-3-4-5-9-13(15(19)20)17-14(18)11-7-6-8-12(10-11)16(21)22-2/h3,6-8,10,13H,1,4-5,9H2,2H3,(H,17,18)(H,19,20)/t13-/m0/s1. The zero-order valence-corrected chi connectivity index (χ0v) is 12.4. The molecule has 1 aromatic rings. The molecule has 0 bridgehead atoms. The second-order valence-corrected chi connectivity index (χ2v) is 4.66. The van der Waals surface area contributed by atoms with Crippen molar-refractivity contribution in [3.05, 3.63) is 48.0 Å². The number of benzene rings is 1. The second kappa shape index (κ2) is 8.61. The molecule has 1 rings (SSSR count). The molecule has 0 unspecified atom stereocenters. The van der Waals surface area contributed by atoms with Gasteiger partial charge in [-0.3, -0.25) is 4.79 Å². The molecule has 0 radical (unpaired) electrons. The summed E-state index contributed by atoms with van der Waals surface area (Å²) >= 11 is 0. The molecule has 22 heavy (non-hydrogen) atoms. The lowest BCUT2D eigenvalue weighted by Gasteiger charge is -2.14. The molecular weight excluding hydrogens is 286 g/mol. The summed E-state index contributed by atoms with van der Waals surface area (Å²) in [4.78, 5) is 34.7. The fourth-order valence-corrected chi connectivity index (χ4v) is 1.87. The monoisotopic (exact) mass is 305 g/mol. The van der Waals surface area contributed by atoms with Crippen LogP contribution in [-0.2, 0) is 9.53 Å². The van der Waals surface area contributed by atoms with E-state index in [1.165, 1.54) is 31.4 Å². The van der Waals surface area contributed by atoms with Gasteiger partial charge < -0.3 is 15.2 Å². The fourth-order valence-electron chi connectivity index (χ4n) is 1.87. The second-order valence-electron chi connectivity index (χ2n) is 4.66. The first-order valence-electron chi connectivity index (χ1n) is 6.82. The fraction of sp³-hybridized carbons (Fsp3) is 0.312. The molecule has 0 spiro atoms. The third-order valence-corrected chi connectivity index (χ3v) is 3.05. The summed E-state index contributed by atoms with van der Waals surface area (Å²) in [6, 6.07) is 4.94. The molecule has 118 valence electrons. The van der Waals surface area contributed by atoms with E-state index in [-0.39, 0.29) is 11.1 Å². The van der Waals surface area contributed by atoms with Gasteiger partial charge in [0.05, 0.1) is 12.7 Å². The Morgan fingerprint density at radius 2 is 2.05 bits per heavy atom. The van der Waals surface area contributed by atoms with Crippen LogP contribution in [0.4, 0.5) is 0 Å². The topological polar surface area (TPSA) is 92.7 Å². The first-order valence-corrected chi connectivity index (χ1v) is 6.82. The molecule has 6 nitrogen and oxygen atoms in total.